The van der Waals surface area contributed by atoms with Crippen molar-refractivity contribution in [2.75, 3.05) is 25.6 Å². The summed E-state index contributed by atoms with van der Waals surface area (Å²) in [7, 11) is 1.35. The van der Waals surface area contributed by atoms with E-state index >= 15 is 0 Å². The van der Waals surface area contributed by atoms with E-state index in [-0.39, 0.29) is 11.7 Å². The van der Waals surface area contributed by atoms with Crippen LogP contribution in [0, 0.1) is 0 Å². The van der Waals surface area contributed by atoms with Gasteiger partial charge in [-0.25, -0.2) is 4.79 Å². The molecule has 0 aliphatic rings. The van der Waals surface area contributed by atoms with Crippen LogP contribution in [0.4, 0.5) is 5.69 Å². The molecule has 5 rings (SSSR count). The van der Waals surface area contributed by atoms with Gasteiger partial charge in [0.2, 0.25) is 5.91 Å². The van der Waals surface area contributed by atoms with E-state index in [1.165, 1.54) is 7.11 Å². The molecular formula is C39H38N2O5S. The first-order valence-electron chi connectivity index (χ1n) is 15.6. The Labute approximate surface area is 279 Å². The minimum Gasteiger partial charge on any atom is -0.494 e. The van der Waals surface area contributed by atoms with E-state index in [1.807, 2.05) is 101 Å². The predicted molar refractivity (Wildman–Crippen MR) is 186 cm³/mol. The second kappa shape index (κ2) is 16.9. The van der Waals surface area contributed by atoms with Gasteiger partial charge in [-0.3, -0.25) is 9.59 Å². The first-order valence-corrected chi connectivity index (χ1v) is 16.5. The molecule has 1 atom stereocenters. The summed E-state index contributed by atoms with van der Waals surface area (Å²) in [5.41, 5.74) is 4.64. The molecule has 0 spiro atoms. The van der Waals surface area contributed by atoms with Crippen LogP contribution in [0.25, 0.3) is 0 Å². The van der Waals surface area contributed by atoms with Gasteiger partial charge in [-0.2, -0.15) is 11.3 Å². The monoisotopic (exact) mass is 646 g/mol. The van der Waals surface area contributed by atoms with Crippen LogP contribution in [0.1, 0.15) is 39.0 Å². The number of thiophene rings is 1. The Bertz CT molecular complexity index is 1720. The van der Waals surface area contributed by atoms with Crippen molar-refractivity contribution >= 4 is 34.7 Å². The number of ketones is 1. The van der Waals surface area contributed by atoms with Gasteiger partial charge in [-0.15, -0.1) is 0 Å². The molecule has 0 saturated carbocycles. The summed E-state index contributed by atoms with van der Waals surface area (Å²) in [6, 6.07) is 35.1. The van der Waals surface area contributed by atoms with E-state index in [0.29, 0.717) is 61.5 Å². The molecule has 0 radical (unpaired) electrons. The minimum atomic E-state index is -0.710. The molecule has 7 nitrogen and oxygen atoms in total. The smallest absolute Gasteiger partial charge is 0.328 e. The summed E-state index contributed by atoms with van der Waals surface area (Å²) >= 11 is 1.59. The van der Waals surface area contributed by atoms with Crippen LogP contribution >= 0.6 is 11.3 Å². The second-order valence-electron chi connectivity index (χ2n) is 11.1. The molecule has 47 heavy (non-hydrogen) atoms. The number of hydrogen-bond donors (Lipinski definition) is 1. The van der Waals surface area contributed by atoms with Crippen molar-refractivity contribution < 1.29 is 23.9 Å². The van der Waals surface area contributed by atoms with Gasteiger partial charge < -0.3 is 19.7 Å². The third kappa shape index (κ3) is 9.64. The zero-order chi connectivity index (χ0) is 32.8. The number of rotatable bonds is 16. The van der Waals surface area contributed by atoms with E-state index in [9.17, 15) is 14.4 Å². The summed E-state index contributed by atoms with van der Waals surface area (Å²) in [6.07, 6.45) is 1.41. The van der Waals surface area contributed by atoms with Gasteiger partial charge in [-0.05, 0) is 64.2 Å². The molecular weight excluding hydrogens is 609 g/mol. The first kappa shape index (κ1) is 33.2. The summed E-state index contributed by atoms with van der Waals surface area (Å²) in [5, 5.41) is 7.25. The predicted octanol–water partition coefficient (Wildman–Crippen LogP) is 7.22. The number of para-hydroxylation sites is 1. The Kier molecular flexibility index (Phi) is 11.9. The molecule has 240 valence electrons. The maximum Gasteiger partial charge on any atom is 0.328 e. The topological polar surface area (TPSA) is 84.9 Å². The number of nitrogens with one attached hydrogen (secondary N) is 1. The van der Waals surface area contributed by atoms with Crippen molar-refractivity contribution in [1.82, 2.24) is 4.90 Å². The largest absolute Gasteiger partial charge is 0.494 e. The van der Waals surface area contributed by atoms with Crippen LogP contribution < -0.4 is 10.1 Å². The van der Waals surface area contributed by atoms with Gasteiger partial charge in [0.05, 0.1) is 20.1 Å². The molecule has 4 aromatic carbocycles. The molecule has 5 aromatic rings. The number of ether oxygens (including phenoxy) is 2. The van der Waals surface area contributed by atoms with Crippen LogP contribution in [-0.2, 0) is 33.7 Å². The van der Waals surface area contributed by atoms with Crippen LogP contribution in [0.2, 0.25) is 0 Å². The van der Waals surface area contributed by atoms with E-state index in [1.54, 1.807) is 41.7 Å². The number of esters is 1. The second-order valence-corrected chi connectivity index (χ2v) is 11.9. The van der Waals surface area contributed by atoms with Crippen molar-refractivity contribution in [1.29, 1.82) is 0 Å². The summed E-state index contributed by atoms with van der Waals surface area (Å²) in [6.45, 7) is 1.59. The molecule has 0 aliphatic carbocycles. The maximum atomic E-state index is 13.2. The first-order chi connectivity index (χ1) is 23.0. The Morgan fingerprint density at radius 3 is 2.19 bits per heavy atom. The van der Waals surface area contributed by atoms with E-state index in [2.05, 4.69) is 5.32 Å². The fourth-order valence-electron chi connectivity index (χ4n) is 5.25. The third-order valence-corrected chi connectivity index (χ3v) is 8.46. The normalized spacial score (nSPS) is 11.3. The van der Waals surface area contributed by atoms with Gasteiger partial charge in [0.15, 0.2) is 5.78 Å². The fourth-order valence-corrected chi connectivity index (χ4v) is 5.92. The highest BCUT2D eigenvalue weighted by atomic mass is 32.1. The SMILES string of the molecule is COC(=O)[C@H](Cc1ccc(OCCCN(Cc2ccccc2)C(=O)Cc2ccsc2)cc1)Nc1ccccc1C(=O)c1ccccc1. The van der Waals surface area contributed by atoms with Crippen LogP contribution in [0.15, 0.2) is 126 Å². The van der Waals surface area contributed by atoms with Gasteiger partial charge in [0.1, 0.15) is 11.8 Å². The highest BCUT2D eigenvalue weighted by Gasteiger charge is 2.23. The highest BCUT2D eigenvalue weighted by Crippen LogP contribution is 2.22. The average Bonchev–Trinajstić information content (AvgIpc) is 3.63. The molecule has 0 aliphatic heterocycles. The lowest BCUT2D eigenvalue weighted by atomic mass is 10.00. The molecule has 0 saturated heterocycles. The summed E-state index contributed by atoms with van der Waals surface area (Å²) in [4.78, 5) is 41.1. The number of amides is 1. The van der Waals surface area contributed by atoms with Crippen molar-refractivity contribution in [2.24, 2.45) is 0 Å². The number of anilines is 1. The number of methoxy groups -OCH3 is 1. The van der Waals surface area contributed by atoms with Gasteiger partial charge >= 0.3 is 5.97 Å². The minimum absolute atomic E-state index is 0.0948. The van der Waals surface area contributed by atoms with Gasteiger partial charge in [-0.1, -0.05) is 84.9 Å². The molecule has 1 heterocycles. The van der Waals surface area contributed by atoms with E-state index in [4.69, 9.17) is 9.47 Å². The Balaban J connectivity index is 1.17. The zero-order valence-electron chi connectivity index (χ0n) is 26.3. The molecule has 0 bridgehead atoms. The molecule has 0 fully saturated rings. The standard InChI is InChI=1S/C39H38N2O5S/c1-45-39(44)36(40-35-16-9-8-15-34(35)38(43)32-13-6-3-7-14-32)25-29-17-19-33(20-18-29)46-23-10-22-41(27-30-11-4-2-5-12-30)37(42)26-31-21-24-47-28-31/h2-9,11-21,24,28,36,40H,10,22-23,25-27H2,1H3/t36-/m0/s1. The van der Waals surface area contributed by atoms with Crippen LogP contribution in [-0.4, -0.2) is 48.9 Å². The van der Waals surface area contributed by atoms with E-state index in [0.717, 1.165) is 16.7 Å². The van der Waals surface area contributed by atoms with Crippen molar-refractivity contribution in [3.8, 4) is 5.75 Å². The zero-order valence-corrected chi connectivity index (χ0v) is 27.2. The third-order valence-electron chi connectivity index (χ3n) is 7.73. The lowest BCUT2D eigenvalue weighted by Gasteiger charge is -2.23. The molecule has 8 heteroatoms. The Morgan fingerprint density at radius 2 is 1.49 bits per heavy atom. The number of nitrogens with zero attached hydrogens (tertiary/aromatic N) is 1. The maximum absolute atomic E-state index is 13.2. The van der Waals surface area contributed by atoms with Crippen LogP contribution in [0.5, 0.6) is 5.75 Å². The molecule has 0 unspecified atom stereocenters. The lowest BCUT2D eigenvalue weighted by Crippen LogP contribution is -2.33. The van der Waals surface area contributed by atoms with Crippen molar-refractivity contribution in [2.45, 2.75) is 31.8 Å². The van der Waals surface area contributed by atoms with Gasteiger partial charge in [0, 0.05) is 36.3 Å². The van der Waals surface area contributed by atoms with E-state index < -0.39 is 12.0 Å². The average molecular weight is 647 g/mol. The number of carbonyl (C=O) groups excluding carboxylic acids is 3. The summed E-state index contributed by atoms with van der Waals surface area (Å²) in [5.74, 6) is 0.237. The lowest BCUT2D eigenvalue weighted by molar-refractivity contribution is -0.141. The number of benzene rings is 4. The quantitative estimate of drug-likeness (QED) is 0.0693. The Morgan fingerprint density at radius 1 is 0.787 bits per heavy atom. The summed E-state index contributed by atoms with van der Waals surface area (Å²) < 4.78 is 11.1. The molecule has 1 aromatic heterocycles. The van der Waals surface area contributed by atoms with Crippen LogP contribution in [0.3, 0.4) is 0 Å². The highest BCUT2D eigenvalue weighted by molar-refractivity contribution is 7.08. The van der Waals surface area contributed by atoms with Gasteiger partial charge in [0.25, 0.3) is 0 Å². The number of carbonyl (C=O) groups is 3. The molecule has 1 N–H and O–H groups in total. The van der Waals surface area contributed by atoms with Crippen molar-refractivity contribution in [3.05, 3.63) is 154 Å². The molecule has 1 amide bonds. The Hall–Kier alpha value is -5.21. The fraction of sp³-hybridized carbons (Fsp3) is 0.205. The van der Waals surface area contributed by atoms with Crippen molar-refractivity contribution in [3.63, 3.8) is 0 Å². The number of hydrogen-bond acceptors (Lipinski definition) is 7.